The molecule has 1 saturated heterocycles. The van der Waals surface area contributed by atoms with Gasteiger partial charge in [0.2, 0.25) is 15.9 Å². The van der Waals surface area contributed by atoms with Gasteiger partial charge in [0.15, 0.2) is 0 Å². The standard InChI is InChI=1S/C19H19ClN6O3S/c20-16-3-7-18(8-4-16)30(28,29)25-11-9-24(10-12-25)19(27)13-15-1-5-17(6-2-15)26-14-21-22-23-26/h1-8,14H,9-13H2. The number of sulfonamides is 1. The molecular formula is C19H19ClN6O3S. The molecule has 2 aromatic carbocycles. The van der Waals surface area contributed by atoms with Crippen LogP contribution in [0.3, 0.4) is 0 Å². The lowest BCUT2D eigenvalue weighted by Gasteiger charge is -2.34. The second kappa shape index (κ2) is 8.50. The largest absolute Gasteiger partial charge is 0.340 e. The quantitative estimate of drug-likeness (QED) is 0.587. The van der Waals surface area contributed by atoms with Gasteiger partial charge in [-0.25, -0.2) is 13.1 Å². The summed E-state index contributed by atoms with van der Waals surface area (Å²) in [6.07, 6.45) is 1.75. The maximum Gasteiger partial charge on any atom is 0.243 e. The second-order valence-electron chi connectivity index (χ2n) is 6.84. The van der Waals surface area contributed by atoms with Crippen LogP contribution in [0.25, 0.3) is 5.69 Å². The van der Waals surface area contributed by atoms with E-state index in [9.17, 15) is 13.2 Å². The predicted octanol–water partition coefficient (Wildman–Crippen LogP) is 1.39. The summed E-state index contributed by atoms with van der Waals surface area (Å²) in [5.74, 6) is -0.0336. The topological polar surface area (TPSA) is 101 Å². The first-order valence-corrected chi connectivity index (χ1v) is 11.1. The normalized spacial score (nSPS) is 15.3. The SMILES string of the molecule is O=C(Cc1ccc(-n2cnnn2)cc1)N1CCN(S(=O)(=O)c2ccc(Cl)cc2)CC1. The number of tetrazole rings is 1. The molecule has 3 aromatic rings. The Kier molecular flexibility index (Phi) is 5.80. The highest BCUT2D eigenvalue weighted by atomic mass is 35.5. The molecule has 0 N–H and O–H groups in total. The van der Waals surface area contributed by atoms with Gasteiger partial charge in [0.1, 0.15) is 6.33 Å². The van der Waals surface area contributed by atoms with E-state index in [0.29, 0.717) is 18.1 Å². The molecule has 0 aliphatic carbocycles. The number of halogens is 1. The smallest absolute Gasteiger partial charge is 0.243 e. The molecule has 1 aromatic heterocycles. The van der Waals surface area contributed by atoms with Crippen molar-refractivity contribution in [2.24, 2.45) is 0 Å². The molecule has 0 unspecified atom stereocenters. The van der Waals surface area contributed by atoms with Gasteiger partial charge in [-0.05, 0) is 52.4 Å². The number of rotatable bonds is 5. The summed E-state index contributed by atoms with van der Waals surface area (Å²) in [5, 5.41) is 11.5. The summed E-state index contributed by atoms with van der Waals surface area (Å²) < 4.78 is 28.5. The first kappa shape index (κ1) is 20.5. The summed E-state index contributed by atoms with van der Waals surface area (Å²) in [6, 6.07) is 13.5. The minimum Gasteiger partial charge on any atom is -0.340 e. The third kappa shape index (κ3) is 4.35. The van der Waals surface area contributed by atoms with Crippen molar-refractivity contribution in [1.82, 2.24) is 29.4 Å². The molecule has 1 amide bonds. The fourth-order valence-corrected chi connectivity index (χ4v) is 4.81. The number of carbonyl (C=O) groups is 1. The molecule has 0 radical (unpaired) electrons. The molecule has 30 heavy (non-hydrogen) atoms. The van der Waals surface area contributed by atoms with E-state index >= 15 is 0 Å². The highest BCUT2D eigenvalue weighted by Crippen LogP contribution is 2.20. The Morgan fingerprint density at radius 2 is 1.63 bits per heavy atom. The van der Waals surface area contributed by atoms with Crippen LogP contribution in [-0.4, -0.2) is 69.9 Å². The second-order valence-corrected chi connectivity index (χ2v) is 9.21. The molecule has 0 spiro atoms. The number of hydrogen-bond acceptors (Lipinski definition) is 6. The average Bonchev–Trinajstić information content (AvgIpc) is 3.30. The molecule has 4 rings (SSSR count). The van der Waals surface area contributed by atoms with Crippen molar-refractivity contribution in [2.75, 3.05) is 26.2 Å². The Labute approximate surface area is 178 Å². The zero-order valence-corrected chi connectivity index (χ0v) is 17.5. The molecule has 9 nitrogen and oxygen atoms in total. The number of carbonyl (C=O) groups excluding carboxylic acids is 1. The maximum atomic E-state index is 12.8. The zero-order chi connectivity index (χ0) is 21.1. The van der Waals surface area contributed by atoms with Gasteiger partial charge in [-0.2, -0.15) is 4.31 Å². The number of benzene rings is 2. The summed E-state index contributed by atoms with van der Waals surface area (Å²) in [4.78, 5) is 14.6. The molecule has 2 heterocycles. The molecule has 1 aliphatic heterocycles. The Morgan fingerprint density at radius 3 is 2.23 bits per heavy atom. The van der Waals surface area contributed by atoms with E-state index in [1.165, 1.54) is 27.4 Å². The molecule has 1 aliphatic rings. The number of nitrogens with zero attached hydrogens (tertiary/aromatic N) is 6. The molecule has 0 saturated carbocycles. The van der Waals surface area contributed by atoms with Crippen LogP contribution in [-0.2, 0) is 21.2 Å². The van der Waals surface area contributed by atoms with Crippen molar-refractivity contribution in [3.8, 4) is 5.69 Å². The van der Waals surface area contributed by atoms with Gasteiger partial charge < -0.3 is 4.90 Å². The number of piperazine rings is 1. The zero-order valence-electron chi connectivity index (χ0n) is 15.9. The Bertz CT molecular complexity index is 1110. The van der Waals surface area contributed by atoms with Crippen LogP contribution in [0.1, 0.15) is 5.56 Å². The maximum absolute atomic E-state index is 12.8. The van der Waals surface area contributed by atoms with E-state index < -0.39 is 10.0 Å². The lowest BCUT2D eigenvalue weighted by Crippen LogP contribution is -2.50. The van der Waals surface area contributed by atoms with Crippen molar-refractivity contribution >= 4 is 27.5 Å². The van der Waals surface area contributed by atoms with Crippen molar-refractivity contribution in [2.45, 2.75) is 11.3 Å². The average molecular weight is 447 g/mol. The van der Waals surface area contributed by atoms with E-state index in [4.69, 9.17) is 11.6 Å². The Hall–Kier alpha value is -2.82. The number of hydrogen-bond donors (Lipinski definition) is 0. The Balaban J connectivity index is 1.34. The van der Waals surface area contributed by atoms with E-state index in [1.54, 1.807) is 17.0 Å². The van der Waals surface area contributed by atoms with Crippen molar-refractivity contribution in [1.29, 1.82) is 0 Å². The van der Waals surface area contributed by atoms with Crippen LogP contribution in [0.15, 0.2) is 59.8 Å². The predicted molar refractivity (Wildman–Crippen MR) is 110 cm³/mol. The van der Waals surface area contributed by atoms with Crippen LogP contribution < -0.4 is 0 Å². The van der Waals surface area contributed by atoms with Gasteiger partial charge >= 0.3 is 0 Å². The van der Waals surface area contributed by atoms with Gasteiger partial charge in [0.25, 0.3) is 0 Å². The summed E-state index contributed by atoms with van der Waals surface area (Å²) >= 11 is 5.84. The molecular weight excluding hydrogens is 428 g/mol. The van der Waals surface area contributed by atoms with Crippen molar-refractivity contribution in [3.05, 3.63) is 65.4 Å². The highest BCUT2D eigenvalue weighted by molar-refractivity contribution is 7.89. The molecule has 156 valence electrons. The molecule has 11 heteroatoms. The minimum absolute atomic E-state index is 0.0336. The molecule has 0 atom stereocenters. The van der Waals surface area contributed by atoms with Crippen LogP contribution in [0, 0.1) is 0 Å². The fraction of sp³-hybridized carbons (Fsp3) is 0.263. The highest BCUT2D eigenvalue weighted by Gasteiger charge is 2.30. The summed E-state index contributed by atoms with van der Waals surface area (Å²) in [5.41, 5.74) is 1.67. The first-order valence-electron chi connectivity index (χ1n) is 9.29. The summed E-state index contributed by atoms with van der Waals surface area (Å²) in [6.45, 7) is 1.23. The van der Waals surface area contributed by atoms with Crippen molar-refractivity contribution in [3.63, 3.8) is 0 Å². The van der Waals surface area contributed by atoms with E-state index in [2.05, 4.69) is 15.5 Å². The third-order valence-electron chi connectivity index (χ3n) is 4.95. The van der Waals surface area contributed by atoms with E-state index in [-0.39, 0.29) is 30.3 Å². The van der Waals surface area contributed by atoms with E-state index in [0.717, 1.165) is 11.3 Å². The fourth-order valence-electron chi connectivity index (χ4n) is 3.27. The summed E-state index contributed by atoms with van der Waals surface area (Å²) in [7, 11) is -3.59. The van der Waals surface area contributed by atoms with Crippen LogP contribution in [0.5, 0.6) is 0 Å². The van der Waals surface area contributed by atoms with Gasteiger partial charge in [0, 0.05) is 31.2 Å². The van der Waals surface area contributed by atoms with Gasteiger partial charge in [-0.15, -0.1) is 5.10 Å². The third-order valence-corrected chi connectivity index (χ3v) is 7.11. The monoisotopic (exact) mass is 446 g/mol. The first-order chi connectivity index (χ1) is 14.4. The molecule has 1 fully saturated rings. The van der Waals surface area contributed by atoms with Gasteiger partial charge in [-0.1, -0.05) is 23.7 Å². The Morgan fingerprint density at radius 1 is 0.967 bits per heavy atom. The van der Waals surface area contributed by atoms with Crippen LogP contribution >= 0.6 is 11.6 Å². The lowest BCUT2D eigenvalue weighted by atomic mass is 10.1. The number of aromatic nitrogens is 4. The van der Waals surface area contributed by atoms with Gasteiger partial charge in [-0.3, -0.25) is 4.79 Å². The number of amides is 1. The lowest BCUT2D eigenvalue weighted by molar-refractivity contribution is -0.131. The van der Waals surface area contributed by atoms with Gasteiger partial charge in [0.05, 0.1) is 17.0 Å². The minimum atomic E-state index is -3.59. The van der Waals surface area contributed by atoms with Crippen LogP contribution in [0.4, 0.5) is 0 Å². The van der Waals surface area contributed by atoms with E-state index in [1.807, 2.05) is 24.3 Å². The van der Waals surface area contributed by atoms with Crippen molar-refractivity contribution < 1.29 is 13.2 Å². The van der Waals surface area contributed by atoms with Crippen LogP contribution in [0.2, 0.25) is 5.02 Å². The molecule has 0 bridgehead atoms.